The SMILES string of the molecule is Cc1cc(C(C)(F)F)cc2cc(Cc3c(Cl)ccc(C(=O)N4CCOCC4)c3Cl)n(C)c12. The van der Waals surface area contributed by atoms with E-state index in [0.717, 1.165) is 29.1 Å². The van der Waals surface area contributed by atoms with Crippen molar-refractivity contribution in [3.05, 3.63) is 68.3 Å². The number of hydrogen-bond donors (Lipinski definition) is 0. The monoisotopic (exact) mass is 480 g/mol. The molecule has 0 bridgehead atoms. The lowest BCUT2D eigenvalue weighted by Gasteiger charge is -2.27. The number of halogens is 4. The standard InChI is InChI=1S/C24H24Cl2F2N2O2/c1-14-10-16(24(2,27)28)11-15-12-17(29(3)22(14)15)13-19-20(25)5-4-18(21(19)26)23(31)30-6-8-32-9-7-30/h4-5,10-12H,6-9,13H2,1-3H3. The number of aromatic nitrogens is 1. The molecule has 0 spiro atoms. The van der Waals surface area contributed by atoms with Gasteiger partial charge in [0.1, 0.15) is 0 Å². The molecule has 1 aromatic heterocycles. The topological polar surface area (TPSA) is 34.5 Å². The van der Waals surface area contributed by atoms with E-state index in [4.69, 9.17) is 27.9 Å². The molecule has 1 amide bonds. The van der Waals surface area contributed by atoms with Crippen molar-refractivity contribution in [2.24, 2.45) is 7.05 Å². The molecule has 4 rings (SSSR count). The van der Waals surface area contributed by atoms with Crippen molar-refractivity contribution < 1.29 is 18.3 Å². The molecule has 2 aromatic carbocycles. The van der Waals surface area contributed by atoms with Crippen LogP contribution in [0, 0.1) is 6.92 Å². The smallest absolute Gasteiger partial charge is 0.270 e. The number of carbonyl (C=O) groups excluding carboxylic acids is 1. The van der Waals surface area contributed by atoms with Gasteiger partial charge in [-0.15, -0.1) is 0 Å². The lowest BCUT2D eigenvalue weighted by molar-refractivity contribution is 0.0175. The number of rotatable bonds is 4. The molecule has 0 aliphatic carbocycles. The van der Waals surface area contributed by atoms with Gasteiger partial charge in [0.25, 0.3) is 11.8 Å². The molecule has 0 N–H and O–H groups in total. The fraction of sp³-hybridized carbons (Fsp3) is 0.375. The average molecular weight is 481 g/mol. The molecule has 4 nitrogen and oxygen atoms in total. The molecule has 0 radical (unpaired) electrons. The second kappa shape index (κ2) is 8.65. The zero-order valence-corrected chi connectivity index (χ0v) is 19.7. The molecule has 0 saturated carbocycles. The third kappa shape index (κ3) is 4.24. The number of ether oxygens (including phenoxy) is 1. The van der Waals surface area contributed by atoms with Crippen LogP contribution in [0.2, 0.25) is 10.0 Å². The Balaban J connectivity index is 1.73. The number of alkyl halides is 2. The summed E-state index contributed by atoms with van der Waals surface area (Å²) in [5.74, 6) is -3.07. The van der Waals surface area contributed by atoms with Crippen LogP contribution in [0.5, 0.6) is 0 Å². The molecule has 1 fully saturated rings. The molecule has 2 heterocycles. The molecule has 170 valence electrons. The highest BCUT2D eigenvalue weighted by Crippen LogP contribution is 2.35. The van der Waals surface area contributed by atoms with Crippen LogP contribution in [0.1, 0.15) is 39.7 Å². The minimum Gasteiger partial charge on any atom is -0.378 e. The van der Waals surface area contributed by atoms with E-state index in [1.807, 2.05) is 24.6 Å². The predicted octanol–water partition coefficient (Wildman–Crippen LogP) is 5.97. The number of benzene rings is 2. The second-order valence-corrected chi connectivity index (χ2v) is 9.07. The zero-order valence-electron chi connectivity index (χ0n) is 18.1. The van der Waals surface area contributed by atoms with Gasteiger partial charge in [-0.1, -0.05) is 23.2 Å². The molecule has 0 unspecified atom stereocenters. The summed E-state index contributed by atoms with van der Waals surface area (Å²) < 4.78 is 35.1. The lowest BCUT2D eigenvalue weighted by Crippen LogP contribution is -2.40. The summed E-state index contributed by atoms with van der Waals surface area (Å²) in [4.78, 5) is 14.7. The van der Waals surface area contributed by atoms with Gasteiger partial charge in [-0.05, 0) is 48.4 Å². The van der Waals surface area contributed by atoms with Crippen molar-refractivity contribution in [3.8, 4) is 0 Å². The molecule has 3 aromatic rings. The van der Waals surface area contributed by atoms with Gasteiger partial charge in [0.05, 0.1) is 29.3 Å². The highest BCUT2D eigenvalue weighted by atomic mass is 35.5. The summed E-state index contributed by atoms with van der Waals surface area (Å²) in [5.41, 5.74) is 3.52. The Morgan fingerprint density at radius 2 is 1.84 bits per heavy atom. The molecular weight excluding hydrogens is 457 g/mol. The summed E-state index contributed by atoms with van der Waals surface area (Å²) in [6.07, 6.45) is 0.365. The summed E-state index contributed by atoms with van der Waals surface area (Å²) in [6.45, 7) is 4.74. The molecule has 1 saturated heterocycles. The summed E-state index contributed by atoms with van der Waals surface area (Å²) in [5, 5.41) is 1.50. The fourth-order valence-corrected chi connectivity index (χ4v) is 4.85. The van der Waals surface area contributed by atoms with Crippen molar-refractivity contribution in [2.45, 2.75) is 26.2 Å². The van der Waals surface area contributed by atoms with E-state index >= 15 is 0 Å². The number of amides is 1. The van der Waals surface area contributed by atoms with Crippen LogP contribution in [0.25, 0.3) is 10.9 Å². The zero-order chi connectivity index (χ0) is 23.2. The van der Waals surface area contributed by atoms with Gasteiger partial charge in [-0.2, -0.15) is 0 Å². The van der Waals surface area contributed by atoms with Crippen LogP contribution < -0.4 is 0 Å². The van der Waals surface area contributed by atoms with E-state index in [-0.39, 0.29) is 11.5 Å². The van der Waals surface area contributed by atoms with Gasteiger partial charge in [0.15, 0.2) is 0 Å². The Hall–Kier alpha value is -2.15. The molecule has 1 aliphatic rings. The Labute approximate surface area is 195 Å². The van der Waals surface area contributed by atoms with E-state index in [2.05, 4.69) is 0 Å². The van der Waals surface area contributed by atoms with Crippen LogP contribution in [-0.4, -0.2) is 41.7 Å². The Morgan fingerprint density at radius 1 is 1.16 bits per heavy atom. The third-order valence-electron chi connectivity index (χ3n) is 6.00. The third-order valence-corrected chi connectivity index (χ3v) is 6.78. The molecular formula is C24H24Cl2F2N2O2. The van der Waals surface area contributed by atoms with Gasteiger partial charge in [-0.25, -0.2) is 8.78 Å². The van der Waals surface area contributed by atoms with Gasteiger partial charge in [0, 0.05) is 55.1 Å². The van der Waals surface area contributed by atoms with Crippen LogP contribution in [0.3, 0.4) is 0 Å². The first kappa shape index (κ1) is 23.0. The largest absolute Gasteiger partial charge is 0.378 e. The van der Waals surface area contributed by atoms with E-state index in [1.165, 1.54) is 12.1 Å². The first-order valence-electron chi connectivity index (χ1n) is 10.4. The van der Waals surface area contributed by atoms with Crippen LogP contribution in [0.15, 0.2) is 30.3 Å². The predicted molar refractivity (Wildman–Crippen MR) is 123 cm³/mol. The molecule has 32 heavy (non-hydrogen) atoms. The van der Waals surface area contributed by atoms with Gasteiger partial charge in [-0.3, -0.25) is 4.79 Å². The van der Waals surface area contributed by atoms with Crippen molar-refractivity contribution >= 4 is 40.0 Å². The summed E-state index contributed by atoms with van der Waals surface area (Å²) in [7, 11) is 1.89. The Kier molecular flexibility index (Phi) is 6.23. The van der Waals surface area contributed by atoms with Crippen LogP contribution >= 0.6 is 23.2 Å². The Bertz CT molecular complexity index is 1200. The maximum Gasteiger partial charge on any atom is 0.270 e. The maximum absolute atomic E-state index is 13.9. The van der Waals surface area contributed by atoms with Crippen molar-refractivity contribution in [1.29, 1.82) is 0 Å². The molecule has 1 aliphatic heterocycles. The Morgan fingerprint density at radius 3 is 2.50 bits per heavy atom. The number of hydrogen-bond acceptors (Lipinski definition) is 2. The van der Waals surface area contributed by atoms with Gasteiger partial charge < -0.3 is 14.2 Å². The number of nitrogens with zero attached hydrogens (tertiary/aromatic N) is 2. The fourth-order valence-electron chi connectivity index (χ4n) is 4.26. The normalized spacial score (nSPS) is 14.9. The quantitative estimate of drug-likeness (QED) is 0.461. The van der Waals surface area contributed by atoms with E-state index in [9.17, 15) is 13.6 Å². The van der Waals surface area contributed by atoms with E-state index < -0.39 is 5.92 Å². The highest BCUT2D eigenvalue weighted by Gasteiger charge is 2.27. The van der Waals surface area contributed by atoms with Crippen molar-refractivity contribution in [1.82, 2.24) is 9.47 Å². The van der Waals surface area contributed by atoms with E-state index in [1.54, 1.807) is 17.0 Å². The highest BCUT2D eigenvalue weighted by molar-refractivity contribution is 6.38. The molecule has 0 atom stereocenters. The lowest BCUT2D eigenvalue weighted by atomic mass is 10.0. The maximum atomic E-state index is 13.9. The summed E-state index contributed by atoms with van der Waals surface area (Å²) in [6, 6.07) is 8.25. The van der Waals surface area contributed by atoms with Crippen molar-refractivity contribution in [3.63, 3.8) is 0 Å². The van der Waals surface area contributed by atoms with Gasteiger partial charge in [0.2, 0.25) is 0 Å². The number of morpholine rings is 1. The van der Waals surface area contributed by atoms with Crippen molar-refractivity contribution in [2.75, 3.05) is 26.3 Å². The molecule has 8 heteroatoms. The minimum atomic E-state index is -2.92. The number of fused-ring (bicyclic) bond motifs is 1. The first-order chi connectivity index (χ1) is 15.1. The van der Waals surface area contributed by atoms with Crippen LogP contribution in [0.4, 0.5) is 8.78 Å². The van der Waals surface area contributed by atoms with Gasteiger partial charge >= 0.3 is 0 Å². The number of carbonyl (C=O) groups is 1. The van der Waals surface area contributed by atoms with Crippen LogP contribution in [-0.2, 0) is 24.1 Å². The summed E-state index contributed by atoms with van der Waals surface area (Å²) >= 11 is 13.1. The number of aryl methyl sites for hydroxylation is 2. The average Bonchev–Trinajstić information content (AvgIpc) is 3.06. The second-order valence-electron chi connectivity index (χ2n) is 8.28. The minimum absolute atomic E-state index is 0.0196. The van der Waals surface area contributed by atoms with E-state index in [0.29, 0.717) is 53.9 Å². The first-order valence-corrected chi connectivity index (χ1v) is 11.1.